The van der Waals surface area contributed by atoms with Gasteiger partial charge < -0.3 is 10.6 Å². The first-order valence-electron chi connectivity index (χ1n) is 7.59. The monoisotopic (exact) mass is 464 g/mol. The molecule has 0 saturated heterocycles. The largest absolute Gasteiger partial charge is 0.357 e. The molecule has 0 amide bonds. The molecule has 0 spiro atoms. The maximum atomic E-state index is 4.64. The maximum absolute atomic E-state index is 4.64. The van der Waals surface area contributed by atoms with Gasteiger partial charge in [-0.1, -0.05) is 0 Å². The minimum absolute atomic E-state index is 0. The van der Waals surface area contributed by atoms with E-state index in [9.17, 15) is 0 Å². The van der Waals surface area contributed by atoms with Crippen LogP contribution in [0.15, 0.2) is 17.1 Å². The Morgan fingerprint density at radius 1 is 1.17 bits per heavy atom. The molecule has 0 fully saturated rings. The second-order valence-corrected chi connectivity index (χ2v) is 7.79. The standard InChI is InChI=1S/C16H24N4S2.HI/c1-5-17-16(19-10-14-7-6-11(2)21-14)18-9-8-15-20-12(3)13(4)22-15;/h6-7H,5,8-10H2,1-4H3,(H2,17,18,19);1H. The van der Waals surface area contributed by atoms with E-state index < -0.39 is 0 Å². The van der Waals surface area contributed by atoms with Crippen molar-refractivity contribution in [2.75, 3.05) is 13.1 Å². The molecule has 0 bridgehead atoms. The Balaban J connectivity index is 0.00000264. The van der Waals surface area contributed by atoms with Crippen LogP contribution in [0.4, 0.5) is 0 Å². The van der Waals surface area contributed by atoms with Gasteiger partial charge in [-0.3, -0.25) is 0 Å². The smallest absolute Gasteiger partial charge is 0.191 e. The van der Waals surface area contributed by atoms with Crippen molar-refractivity contribution in [2.24, 2.45) is 4.99 Å². The Morgan fingerprint density at radius 2 is 1.96 bits per heavy atom. The summed E-state index contributed by atoms with van der Waals surface area (Å²) in [5.41, 5.74) is 1.15. The SMILES string of the molecule is CCNC(=NCc1ccc(C)s1)NCCc1nc(C)c(C)s1.I. The Hall–Kier alpha value is -0.670. The molecule has 0 atom stereocenters. The van der Waals surface area contributed by atoms with Gasteiger partial charge in [-0.2, -0.15) is 0 Å². The first-order valence-corrected chi connectivity index (χ1v) is 9.22. The zero-order valence-electron chi connectivity index (χ0n) is 14.1. The number of thiophene rings is 1. The molecule has 2 N–H and O–H groups in total. The second-order valence-electron chi connectivity index (χ2n) is 5.13. The second kappa shape index (κ2) is 10.2. The first kappa shape index (κ1) is 20.4. The number of nitrogens with one attached hydrogen (secondary N) is 2. The van der Waals surface area contributed by atoms with Crippen molar-refractivity contribution >= 4 is 52.6 Å². The molecule has 0 aliphatic rings. The number of nitrogens with zero attached hydrogens (tertiary/aromatic N) is 2. The average Bonchev–Trinajstić information content (AvgIpc) is 3.03. The molecule has 4 nitrogen and oxygen atoms in total. The highest BCUT2D eigenvalue weighted by Gasteiger charge is 2.04. The normalized spacial score (nSPS) is 11.2. The van der Waals surface area contributed by atoms with Crippen molar-refractivity contribution < 1.29 is 0 Å². The topological polar surface area (TPSA) is 49.3 Å². The summed E-state index contributed by atoms with van der Waals surface area (Å²) in [4.78, 5) is 13.1. The Bertz CT molecular complexity index is 614. The highest BCUT2D eigenvalue weighted by molar-refractivity contribution is 14.0. The van der Waals surface area contributed by atoms with Crippen molar-refractivity contribution in [3.05, 3.63) is 37.5 Å². The van der Waals surface area contributed by atoms with Crippen LogP contribution in [0.3, 0.4) is 0 Å². The van der Waals surface area contributed by atoms with Crippen LogP contribution >= 0.6 is 46.7 Å². The molecule has 0 unspecified atom stereocenters. The summed E-state index contributed by atoms with van der Waals surface area (Å²) in [6.07, 6.45) is 0.932. The van der Waals surface area contributed by atoms with Crippen LogP contribution in [0, 0.1) is 20.8 Å². The van der Waals surface area contributed by atoms with Crippen LogP contribution in [-0.2, 0) is 13.0 Å². The summed E-state index contributed by atoms with van der Waals surface area (Å²) in [5.74, 6) is 0.874. The van der Waals surface area contributed by atoms with Gasteiger partial charge in [0.05, 0.1) is 17.2 Å². The number of aromatic nitrogens is 1. The van der Waals surface area contributed by atoms with E-state index in [0.29, 0.717) is 0 Å². The lowest BCUT2D eigenvalue weighted by atomic mass is 10.4. The maximum Gasteiger partial charge on any atom is 0.191 e. The lowest BCUT2D eigenvalue weighted by Crippen LogP contribution is -2.38. The van der Waals surface area contributed by atoms with Gasteiger partial charge in [-0.05, 0) is 39.8 Å². The van der Waals surface area contributed by atoms with Gasteiger partial charge in [-0.15, -0.1) is 46.7 Å². The number of hydrogen-bond acceptors (Lipinski definition) is 4. The van der Waals surface area contributed by atoms with Gasteiger partial charge in [0, 0.05) is 34.1 Å². The van der Waals surface area contributed by atoms with E-state index in [1.807, 2.05) is 0 Å². The van der Waals surface area contributed by atoms with E-state index in [4.69, 9.17) is 0 Å². The number of halogens is 1. The molecule has 0 aromatic carbocycles. The predicted octanol–water partition coefficient (Wildman–Crippen LogP) is 4.05. The van der Waals surface area contributed by atoms with Gasteiger partial charge in [0.2, 0.25) is 0 Å². The molecule has 2 heterocycles. The number of rotatable bonds is 6. The molecule has 2 rings (SSSR count). The third-order valence-corrected chi connectivity index (χ3v) is 5.36. The molecule has 0 aliphatic heterocycles. The fourth-order valence-corrected chi connectivity index (χ4v) is 3.75. The van der Waals surface area contributed by atoms with Crippen LogP contribution in [0.5, 0.6) is 0 Å². The molecule has 7 heteroatoms. The van der Waals surface area contributed by atoms with Gasteiger partial charge in [0.1, 0.15) is 0 Å². The van der Waals surface area contributed by atoms with Crippen LogP contribution in [0.25, 0.3) is 0 Å². The summed E-state index contributed by atoms with van der Waals surface area (Å²) in [7, 11) is 0. The van der Waals surface area contributed by atoms with Crippen molar-refractivity contribution in [3.63, 3.8) is 0 Å². The van der Waals surface area contributed by atoms with Crippen molar-refractivity contribution in [3.8, 4) is 0 Å². The molecule has 128 valence electrons. The molecule has 2 aromatic heterocycles. The lowest BCUT2D eigenvalue weighted by Gasteiger charge is -2.10. The highest BCUT2D eigenvalue weighted by atomic mass is 127. The molecule has 0 saturated carbocycles. The number of hydrogen-bond donors (Lipinski definition) is 2. The minimum atomic E-state index is 0. The molecule has 23 heavy (non-hydrogen) atoms. The zero-order chi connectivity index (χ0) is 15.9. The van der Waals surface area contributed by atoms with Gasteiger partial charge in [-0.25, -0.2) is 9.98 Å². The van der Waals surface area contributed by atoms with Crippen molar-refractivity contribution in [2.45, 2.75) is 40.7 Å². The summed E-state index contributed by atoms with van der Waals surface area (Å²) in [6.45, 7) is 10.8. The molecule has 0 aliphatic carbocycles. The van der Waals surface area contributed by atoms with E-state index in [2.05, 4.69) is 60.4 Å². The summed E-state index contributed by atoms with van der Waals surface area (Å²) < 4.78 is 0. The van der Waals surface area contributed by atoms with Crippen LogP contribution in [0.2, 0.25) is 0 Å². The fourth-order valence-electron chi connectivity index (χ4n) is 2.00. The molecular formula is C16H25IN4S2. The number of aliphatic imine (C=N–C) groups is 1. The quantitative estimate of drug-likeness (QED) is 0.386. The average molecular weight is 464 g/mol. The third-order valence-electron chi connectivity index (χ3n) is 3.24. The first-order chi connectivity index (χ1) is 10.6. The number of aryl methyl sites for hydroxylation is 3. The van der Waals surface area contributed by atoms with Gasteiger partial charge in [0.25, 0.3) is 0 Å². The Kier molecular flexibility index (Phi) is 9.08. The fraction of sp³-hybridized carbons (Fsp3) is 0.500. The summed E-state index contributed by atoms with van der Waals surface area (Å²) >= 11 is 3.58. The lowest BCUT2D eigenvalue weighted by molar-refractivity contribution is 0.796. The van der Waals surface area contributed by atoms with Crippen molar-refractivity contribution in [1.29, 1.82) is 0 Å². The Morgan fingerprint density at radius 3 is 2.52 bits per heavy atom. The van der Waals surface area contributed by atoms with Gasteiger partial charge in [0.15, 0.2) is 5.96 Å². The van der Waals surface area contributed by atoms with Crippen LogP contribution in [-0.4, -0.2) is 24.0 Å². The predicted molar refractivity (Wildman–Crippen MR) is 113 cm³/mol. The van der Waals surface area contributed by atoms with Crippen LogP contribution < -0.4 is 10.6 Å². The molecule has 2 aromatic rings. The summed E-state index contributed by atoms with van der Waals surface area (Å²) in [6, 6.07) is 4.29. The van der Waals surface area contributed by atoms with E-state index in [0.717, 1.165) is 37.7 Å². The van der Waals surface area contributed by atoms with Crippen molar-refractivity contribution in [1.82, 2.24) is 15.6 Å². The van der Waals surface area contributed by atoms with E-state index in [1.165, 1.54) is 19.6 Å². The van der Waals surface area contributed by atoms with Crippen LogP contribution in [0.1, 0.15) is 32.3 Å². The molecular weight excluding hydrogens is 439 g/mol. The number of guanidine groups is 1. The van der Waals surface area contributed by atoms with E-state index >= 15 is 0 Å². The number of thiazole rings is 1. The molecule has 0 radical (unpaired) electrons. The van der Waals surface area contributed by atoms with Gasteiger partial charge >= 0.3 is 0 Å². The van der Waals surface area contributed by atoms with E-state index in [-0.39, 0.29) is 24.0 Å². The third kappa shape index (κ3) is 6.76. The minimum Gasteiger partial charge on any atom is -0.357 e. The summed E-state index contributed by atoms with van der Waals surface area (Å²) in [5, 5.41) is 7.86. The Labute approximate surface area is 163 Å². The zero-order valence-corrected chi connectivity index (χ0v) is 18.1. The van der Waals surface area contributed by atoms with E-state index in [1.54, 1.807) is 22.7 Å². The highest BCUT2D eigenvalue weighted by Crippen LogP contribution is 2.17.